The Morgan fingerprint density at radius 1 is 1.33 bits per heavy atom. The number of aromatic nitrogens is 2. The number of anilines is 1. The number of carbonyl (C=O) groups is 2. The molecular formula is C20H25N3O4S3. The first-order valence-electron chi connectivity index (χ1n) is 9.74. The highest BCUT2D eigenvalue weighted by Gasteiger charge is 2.26. The molecule has 30 heavy (non-hydrogen) atoms. The topological polar surface area (TPSA) is 101 Å². The Labute approximate surface area is 187 Å². The molecule has 2 N–H and O–H groups in total. The largest absolute Gasteiger partial charge is 0.465 e. The van der Waals surface area contributed by atoms with Gasteiger partial charge >= 0.3 is 5.97 Å². The van der Waals surface area contributed by atoms with Crippen LogP contribution in [0.4, 0.5) is 5.00 Å². The number of thiophene rings is 1. The summed E-state index contributed by atoms with van der Waals surface area (Å²) >= 11 is 4.32. The van der Waals surface area contributed by atoms with Gasteiger partial charge in [-0.1, -0.05) is 25.6 Å². The lowest BCUT2D eigenvalue weighted by molar-refractivity contribution is -0.113. The van der Waals surface area contributed by atoms with Crippen LogP contribution < -0.4 is 10.9 Å². The summed E-state index contributed by atoms with van der Waals surface area (Å²) < 4.78 is 4.94. The fourth-order valence-electron chi connectivity index (χ4n) is 3.15. The van der Waals surface area contributed by atoms with Crippen LogP contribution in [0.5, 0.6) is 0 Å². The van der Waals surface area contributed by atoms with Gasteiger partial charge in [-0.2, -0.15) is 11.8 Å². The van der Waals surface area contributed by atoms with E-state index in [1.165, 1.54) is 36.3 Å². The van der Waals surface area contributed by atoms with Crippen LogP contribution in [-0.2, 0) is 28.1 Å². The summed E-state index contributed by atoms with van der Waals surface area (Å²) in [5.41, 5.74) is 1.95. The van der Waals surface area contributed by atoms with E-state index < -0.39 is 5.97 Å². The lowest BCUT2D eigenvalue weighted by atomic mass is 9.95. The summed E-state index contributed by atoms with van der Waals surface area (Å²) in [5, 5.41) is 4.25. The number of ether oxygens (including phenoxy) is 1. The molecule has 2 aromatic rings. The Morgan fingerprint density at radius 3 is 2.83 bits per heavy atom. The molecule has 0 fully saturated rings. The van der Waals surface area contributed by atoms with Crippen LogP contribution in [0.25, 0.3) is 0 Å². The summed E-state index contributed by atoms with van der Waals surface area (Å²) in [7, 11) is 1.35. The van der Waals surface area contributed by atoms with Crippen LogP contribution in [0.1, 0.15) is 53.2 Å². The average molecular weight is 468 g/mol. The third kappa shape index (κ3) is 5.89. The number of nitrogens with one attached hydrogen (secondary N) is 2. The van der Waals surface area contributed by atoms with Crippen molar-refractivity contribution in [3.8, 4) is 0 Å². The van der Waals surface area contributed by atoms with Crippen molar-refractivity contribution in [3.63, 3.8) is 0 Å². The second-order valence-corrected chi connectivity index (χ2v) is 10.8. The fourth-order valence-corrected chi connectivity index (χ4v) is 5.79. The number of hydrogen-bond acceptors (Lipinski definition) is 8. The maximum Gasteiger partial charge on any atom is 0.341 e. The second-order valence-electron chi connectivity index (χ2n) is 7.15. The zero-order chi connectivity index (χ0) is 21.7. The molecule has 0 saturated carbocycles. The Morgan fingerprint density at radius 2 is 2.10 bits per heavy atom. The number of rotatable bonds is 8. The van der Waals surface area contributed by atoms with E-state index in [0.717, 1.165) is 36.1 Å². The molecule has 3 rings (SSSR count). The highest BCUT2D eigenvalue weighted by molar-refractivity contribution is 7.99. The van der Waals surface area contributed by atoms with Gasteiger partial charge in [-0.3, -0.25) is 9.59 Å². The molecule has 1 aliphatic rings. The standard InChI is InChI=1S/C20H25N3O4S3/c1-11(2)28-9-12-8-15(24)23-20(21-12)29-10-16(25)22-18-17(19(26)27-3)13-6-4-5-7-14(13)30-18/h8,11H,4-7,9-10H2,1-3H3,(H,22,25)(H,21,23,24). The molecule has 0 spiro atoms. The number of amides is 1. The van der Waals surface area contributed by atoms with E-state index >= 15 is 0 Å². The lowest BCUT2D eigenvalue weighted by Gasteiger charge is -2.11. The van der Waals surface area contributed by atoms with Gasteiger partial charge in [-0.15, -0.1) is 11.3 Å². The first kappa shape index (κ1) is 22.9. The quantitative estimate of drug-likeness (QED) is 0.345. The van der Waals surface area contributed by atoms with E-state index in [1.807, 2.05) is 0 Å². The van der Waals surface area contributed by atoms with Crippen molar-refractivity contribution in [2.75, 3.05) is 18.2 Å². The number of methoxy groups -OCH3 is 1. The van der Waals surface area contributed by atoms with Crippen molar-refractivity contribution in [2.45, 2.75) is 55.7 Å². The number of aromatic amines is 1. The molecule has 0 aromatic carbocycles. The Bertz CT molecular complexity index is 984. The van der Waals surface area contributed by atoms with E-state index in [1.54, 1.807) is 11.8 Å². The first-order valence-corrected chi connectivity index (χ1v) is 12.6. The fraction of sp³-hybridized carbons (Fsp3) is 0.500. The normalized spacial score (nSPS) is 13.2. The van der Waals surface area contributed by atoms with Gasteiger partial charge in [0.15, 0.2) is 5.16 Å². The van der Waals surface area contributed by atoms with Gasteiger partial charge in [0.25, 0.3) is 5.56 Å². The van der Waals surface area contributed by atoms with Gasteiger partial charge in [0.1, 0.15) is 5.00 Å². The molecule has 0 atom stereocenters. The number of esters is 1. The molecular weight excluding hydrogens is 442 g/mol. The zero-order valence-electron chi connectivity index (χ0n) is 17.2. The van der Waals surface area contributed by atoms with Gasteiger partial charge in [-0.05, 0) is 36.5 Å². The van der Waals surface area contributed by atoms with Crippen LogP contribution in [0, 0.1) is 0 Å². The van der Waals surface area contributed by atoms with Crippen molar-refractivity contribution >= 4 is 51.7 Å². The van der Waals surface area contributed by atoms with E-state index in [0.29, 0.717) is 32.4 Å². The maximum absolute atomic E-state index is 12.5. The number of nitrogens with zero attached hydrogens (tertiary/aromatic N) is 1. The Kier molecular flexibility index (Phi) is 8.01. The van der Waals surface area contributed by atoms with Crippen LogP contribution in [0.15, 0.2) is 16.0 Å². The third-order valence-corrected chi connectivity index (χ3v) is 7.70. The van der Waals surface area contributed by atoms with Crippen LogP contribution >= 0.6 is 34.9 Å². The average Bonchev–Trinajstić information content (AvgIpc) is 3.07. The summed E-state index contributed by atoms with van der Waals surface area (Å²) in [4.78, 5) is 45.0. The zero-order valence-corrected chi connectivity index (χ0v) is 19.7. The summed E-state index contributed by atoms with van der Waals surface area (Å²) in [6.45, 7) is 4.17. The molecule has 2 heterocycles. The highest BCUT2D eigenvalue weighted by Crippen LogP contribution is 2.38. The monoisotopic (exact) mass is 467 g/mol. The van der Waals surface area contributed by atoms with Crippen molar-refractivity contribution in [1.82, 2.24) is 9.97 Å². The van der Waals surface area contributed by atoms with E-state index in [2.05, 4.69) is 29.1 Å². The number of fused-ring (bicyclic) bond motifs is 1. The molecule has 162 valence electrons. The molecule has 10 heteroatoms. The number of carbonyl (C=O) groups excluding carboxylic acids is 2. The molecule has 1 amide bonds. The van der Waals surface area contributed by atoms with Crippen LogP contribution in [0.2, 0.25) is 0 Å². The van der Waals surface area contributed by atoms with Gasteiger partial charge in [-0.25, -0.2) is 9.78 Å². The van der Waals surface area contributed by atoms with Crippen molar-refractivity contribution in [3.05, 3.63) is 38.1 Å². The van der Waals surface area contributed by atoms with Gasteiger partial charge in [0, 0.05) is 16.7 Å². The molecule has 0 radical (unpaired) electrons. The molecule has 0 aliphatic heterocycles. The number of aryl methyl sites for hydroxylation is 1. The van der Waals surface area contributed by atoms with Gasteiger partial charge in [0.2, 0.25) is 5.91 Å². The SMILES string of the molecule is COC(=O)c1c(NC(=O)CSc2nc(CSC(C)C)cc(=O)[nH]2)sc2c1CCCC2. The molecule has 7 nitrogen and oxygen atoms in total. The van der Waals surface area contributed by atoms with Crippen LogP contribution in [0.3, 0.4) is 0 Å². The molecule has 0 unspecified atom stereocenters. The molecule has 0 bridgehead atoms. The van der Waals surface area contributed by atoms with Crippen molar-refractivity contribution < 1.29 is 14.3 Å². The predicted molar refractivity (Wildman–Crippen MR) is 123 cm³/mol. The maximum atomic E-state index is 12.5. The number of hydrogen-bond donors (Lipinski definition) is 2. The summed E-state index contributed by atoms with van der Waals surface area (Å²) in [5.74, 6) is 0.0457. The van der Waals surface area contributed by atoms with E-state index in [4.69, 9.17) is 4.74 Å². The summed E-state index contributed by atoms with van der Waals surface area (Å²) in [6.07, 6.45) is 3.86. The minimum atomic E-state index is -0.418. The number of thioether (sulfide) groups is 2. The third-order valence-electron chi connectivity index (χ3n) is 4.49. The lowest BCUT2D eigenvalue weighted by Crippen LogP contribution is -2.17. The van der Waals surface area contributed by atoms with Crippen molar-refractivity contribution in [2.24, 2.45) is 0 Å². The van der Waals surface area contributed by atoms with Crippen LogP contribution in [-0.4, -0.2) is 40.0 Å². The predicted octanol–water partition coefficient (Wildman–Crippen LogP) is 3.87. The van der Waals surface area contributed by atoms with E-state index in [9.17, 15) is 14.4 Å². The van der Waals surface area contributed by atoms with Crippen molar-refractivity contribution in [1.29, 1.82) is 0 Å². The minimum absolute atomic E-state index is 0.0763. The molecule has 0 saturated heterocycles. The first-order chi connectivity index (χ1) is 14.4. The van der Waals surface area contributed by atoms with Gasteiger partial charge in [0.05, 0.1) is 24.1 Å². The van der Waals surface area contributed by atoms with Gasteiger partial charge < -0.3 is 15.0 Å². The molecule has 2 aromatic heterocycles. The Balaban J connectivity index is 1.67. The minimum Gasteiger partial charge on any atom is -0.465 e. The number of H-pyrrole nitrogens is 1. The smallest absolute Gasteiger partial charge is 0.341 e. The Hall–Kier alpha value is -1.78. The second kappa shape index (κ2) is 10.5. The van der Waals surface area contributed by atoms with E-state index in [-0.39, 0.29) is 17.2 Å². The summed E-state index contributed by atoms with van der Waals surface area (Å²) in [6, 6.07) is 1.48. The molecule has 1 aliphatic carbocycles. The highest BCUT2D eigenvalue weighted by atomic mass is 32.2.